The highest BCUT2D eigenvalue weighted by atomic mass is 16.6. The van der Waals surface area contributed by atoms with Crippen molar-refractivity contribution in [2.75, 3.05) is 0 Å². The maximum absolute atomic E-state index is 12.0. The topological polar surface area (TPSA) is 68.5 Å². The number of aromatic nitrogens is 3. The van der Waals surface area contributed by atoms with Gasteiger partial charge in [0.05, 0.1) is 0 Å². The SMILES string of the molecule is [B]c1ccc2nnc([C@H]3CCC[C@@H](NC(=O)OC(C)(C)C)C3)n2c1. The number of fused-ring (bicyclic) bond motifs is 1. The van der Waals surface area contributed by atoms with Crippen LogP contribution in [0, 0.1) is 0 Å². The second kappa shape index (κ2) is 6.45. The van der Waals surface area contributed by atoms with Crippen LogP contribution in [0.5, 0.6) is 0 Å². The molecule has 126 valence electrons. The highest BCUT2D eigenvalue weighted by molar-refractivity contribution is 6.32. The normalized spacial score (nSPS) is 21.6. The van der Waals surface area contributed by atoms with E-state index < -0.39 is 5.60 Å². The van der Waals surface area contributed by atoms with Crippen LogP contribution in [-0.4, -0.2) is 40.2 Å². The fraction of sp³-hybridized carbons (Fsp3) is 0.588. The number of pyridine rings is 1. The molecular formula is C17H23BN4O2. The van der Waals surface area contributed by atoms with Gasteiger partial charge in [-0.2, -0.15) is 0 Å². The largest absolute Gasteiger partial charge is 0.444 e. The predicted octanol–water partition coefficient (Wildman–Crippen LogP) is 2.07. The van der Waals surface area contributed by atoms with Crippen LogP contribution < -0.4 is 10.8 Å². The molecular weight excluding hydrogens is 303 g/mol. The molecule has 0 aromatic carbocycles. The number of amides is 1. The molecule has 2 aromatic heterocycles. The van der Waals surface area contributed by atoms with Crippen LogP contribution in [0.15, 0.2) is 18.3 Å². The molecule has 2 radical (unpaired) electrons. The van der Waals surface area contributed by atoms with Crippen molar-refractivity contribution in [3.63, 3.8) is 0 Å². The quantitative estimate of drug-likeness (QED) is 0.858. The first-order valence-corrected chi connectivity index (χ1v) is 8.41. The van der Waals surface area contributed by atoms with Gasteiger partial charge in [-0.25, -0.2) is 4.79 Å². The third-order valence-electron chi connectivity index (χ3n) is 4.21. The molecule has 0 bridgehead atoms. The number of hydrogen-bond acceptors (Lipinski definition) is 4. The van der Waals surface area contributed by atoms with E-state index in [4.69, 9.17) is 12.6 Å². The Balaban J connectivity index is 1.71. The Morgan fingerprint density at radius 2 is 2.12 bits per heavy atom. The van der Waals surface area contributed by atoms with Crippen molar-refractivity contribution in [2.24, 2.45) is 0 Å². The Morgan fingerprint density at radius 3 is 2.88 bits per heavy atom. The highest BCUT2D eigenvalue weighted by Crippen LogP contribution is 2.32. The zero-order chi connectivity index (χ0) is 17.3. The average molecular weight is 326 g/mol. The fourth-order valence-corrected chi connectivity index (χ4v) is 3.23. The third kappa shape index (κ3) is 3.89. The van der Waals surface area contributed by atoms with Gasteiger partial charge in [0.25, 0.3) is 0 Å². The number of hydrogen-bond donors (Lipinski definition) is 1. The van der Waals surface area contributed by atoms with E-state index >= 15 is 0 Å². The van der Waals surface area contributed by atoms with Gasteiger partial charge in [0.15, 0.2) is 5.65 Å². The van der Waals surface area contributed by atoms with Gasteiger partial charge >= 0.3 is 6.09 Å². The number of rotatable bonds is 2. The summed E-state index contributed by atoms with van der Waals surface area (Å²) >= 11 is 0. The smallest absolute Gasteiger partial charge is 0.407 e. The summed E-state index contributed by atoms with van der Waals surface area (Å²) in [5.41, 5.74) is 0.989. The Bertz CT molecular complexity index is 738. The summed E-state index contributed by atoms with van der Waals surface area (Å²) in [5, 5.41) is 11.5. The number of nitrogens with one attached hydrogen (secondary N) is 1. The molecule has 2 atom stereocenters. The molecule has 1 fully saturated rings. The molecule has 7 heteroatoms. The Kier molecular flexibility index (Phi) is 4.52. The number of carbonyl (C=O) groups is 1. The standard InChI is InChI=1S/C17H23BN4O2/c1-17(2,3)24-16(23)19-13-6-4-5-11(9-13)15-21-20-14-8-7-12(18)10-22(14)15/h7-8,10-11,13H,4-6,9H2,1-3H3,(H,19,23)/t11-,13+/m0/s1. The summed E-state index contributed by atoms with van der Waals surface area (Å²) in [6.45, 7) is 5.59. The molecule has 0 saturated heterocycles. The van der Waals surface area contributed by atoms with Crippen molar-refractivity contribution in [1.82, 2.24) is 19.9 Å². The van der Waals surface area contributed by atoms with Gasteiger partial charge in [-0.05, 0) is 46.1 Å². The van der Waals surface area contributed by atoms with Crippen molar-refractivity contribution in [3.05, 3.63) is 24.2 Å². The Hall–Kier alpha value is -2.05. The molecule has 2 heterocycles. The Morgan fingerprint density at radius 1 is 1.33 bits per heavy atom. The maximum atomic E-state index is 12.0. The molecule has 24 heavy (non-hydrogen) atoms. The molecule has 0 unspecified atom stereocenters. The van der Waals surface area contributed by atoms with E-state index in [0.29, 0.717) is 5.46 Å². The van der Waals surface area contributed by atoms with Crippen molar-refractivity contribution < 1.29 is 9.53 Å². The summed E-state index contributed by atoms with van der Waals surface area (Å²) in [7, 11) is 5.88. The number of carbonyl (C=O) groups excluding carboxylic acids is 1. The first-order chi connectivity index (χ1) is 11.3. The molecule has 2 aromatic rings. The van der Waals surface area contributed by atoms with E-state index in [0.717, 1.165) is 37.2 Å². The molecule has 1 saturated carbocycles. The summed E-state index contributed by atoms with van der Waals surface area (Å²) in [6.07, 6.45) is 5.34. The van der Waals surface area contributed by atoms with Crippen molar-refractivity contribution in [3.8, 4) is 0 Å². The van der Waals surface area contributed by atoms with Crippen molar-refractivity contribution >= 4 is 25.0 Å². The summed E-state index contributed by atoms with van der Waals surface area (Å²) in [4.78, 5) is 12.0. The van der Waals surface area contributed by atoms with Gasteiger partial charge < -0.3 is 10.1 Å². The molecule has 1 N–H and O–H groups in total. The fourth-order valence-electron chi connectivity index (χ4n) is 3.23. The van der Waals surface area contributed by atoms with Crippen LogP contribution in [0.2, 0.25) is 0 Å². The van der Waals surface area contributed by atoms with Crippen LogP contribution in [0.25, 0.3) is 5.65 Å². The first-order valence-electron chi connectivity index (χ1n) is 8.41. The minimum absolute atomic E-state index is 0.0898. The van der Waals surface area contributed by atoms with Gasteiger partial charge in [0.1, 0.15) is 19.3 Å². The van der Waals surface area contributed by atoms with Gasteiger partial charge in [-0.1, -0.05) is 17.9 Å². The molecule has 1 aliphatic rings. The third-order valence-corrected chi connectivity index (χ3v) is 4.21. The van der Waals surface area contributed by atoms with E-state index in [1.165, 1.54) is 0 Å². The van der Waals surface area contributed by atoms with E-state index in [9.17, 15) is 4.79 Å². The lowest BCUT2D eigenvalue weighted by molar-refractivity contribution is 0.0490. The van der Waals surface area contributed by atoms with Crippen LogP contribution in [0.3, 0.4) is 0 Å². The Labute approximate surface area is 143 Å². The van der Waals surface area contributed by atoms with Gasteiger partial charge in [-0.15, -0.1) is 10.2 Å². The average Bonchev–Trinajstić information content (AvgIpc) is 2.88. The summed E-state index contributed by atoms with van der Waals surface area (Å²) < 4.78 is 7.31. The van der Waals surface area contributed by atoms with E-state index in [-0.39, 0.29) is 18.1 Å². The highest BCUT2D eigenvalue weighted by Gasteiger charge is 2.28. The van der Waals surface area contributed by atoms with Crippen molar-refractivity contribution in [1.29, 1.82) is 0 Å². The van der Waals surface area contributed by atoms with Crippen LogP contribution in [0.1, 0.15) is 58.2 Å². The molecule has 6 nitrogen and oxygen atoms in total. The van der Waals surface area contributed by atoms with E-state index in [1.807, 2.05) is 43.5 Å². The molecule has 1 amide bonds. The van der Waals surface area contributed by atoms with E-state index in [1.54, 1.807) is 0 Å². The molecule has 1 aliphatic carbocycles. The zero-order valence-corrected chi connectivity index (χ0v) is 14.5. The summed E-state index contributed by atoms with van der Waals surface area (Å²) in [6, 6.07) is 3.78. The number of alkyl carbamates (subject to hydrolysis) is 1. The number of nitrogens with zero attached hydrogens (tertiary/aromatic N) is 3. The monoisotopic (exact) mass is 326 g/mol. The minimum Gasteiger partial charge on any atom is -0.444 e. The summed E-state index contributed by atoms with van der Waals surface area (Å²) in [5.74, 6) is 1.16. The molecule has 0 aliphatic heterocycles. The molecule has 3 rings (SSSR count). The van der Waals surface area contributed by atoms with Gasteiger partial charge in [0, 0.05) is 18.2 Å². The minimum atomic E-state index is -0.487. The van der Waals surface area contributed by atoms with Gasteiger partial charge in [-0.3, -0.25) is 4.40 Å². The van der Waals surface area contributed by atoms with Gasteiger partial charge in [0.2, 0.25) is 0 Å². The van der Waals surface area contributed by atoms with E-state index in [2.05, 4.69) is 15.5 Å². The second-order valence-corrected chi connectivity index (χ2v) is 7.46. The predicted molar refractivity (Wildman–Crippen MR) is 92.7 cm³/mol. The lowest BCUT2D eigenvalue weighted by atomic mass is 9.85. The second-order valence-electron chi connectivity index (χ2n) is 7.46. The lowest BCUT2D eigenvalue weighted by Gasteiger charge is -2.30. The lowest BCUT2D eigenvalue weighted by Crippen LogP contribution is -2.41. The number of ether oxygens (including phenoxy) is 1. The van der Waals surface area contributed by atoms with Crippen molar-refractivity contribution in [2.45, 2.75) is 64.0 Å². The van der Waals surface area contributed by atoms with Crippen LogP contribution in [0.4, 0.5) is 4.79 Å². The maximum Gasteiger partial charge on any atom is 0.407 e. The van der Waals surface area contributed by atoms with Crippen LogP contribution in [-0.2, 0) is 4.74 Å². The molecule has 0 spiro atoms. The first kappa shape index (κ1) is 16.8. The zero-order valence-electron chi connectivity index (χ0n) is 14.5. The van der Waals surface area contributed by atoms with Crippen LogP contribution >= 0.6 is 0 Å².